The Morgan fingerprint density at radius 3 is 2.54 bits per heavy atom. The molecule has 9 nitrogen and oxygen atoms in total. The lowest BCUT2D eigenvalue weighted by atomic mass is 10.2. The zero-order chi connectivity index (χ0) is 20.8. The van der Waals surface area contributed by atoms with Gasteiger partial charge in [0.1, 0.15) is 12.6 Å². The smallest absolute Gasteiger partial charge is 0.408 e. The highest BCUT2D eigenvalue weighted by atomic mass is 32.2. The first-order chi connectivity index (χ1) is 13.4. The number of nitrogens with one attached hydrogen (secondary N) is 3. The fourth-order valence-corrected chi connectivity index (χ4v) is 2.78. The Bertz CT molecular complexity index is 656. The van der Waals surface area contributed by atoms with Crippen LogP contribution in [0.5, 0.6) is 0 Å². The van der Waals surface area contributed by atoms with E-state index >= 15 is 0 Å². The molecule has 0 spiro atoms. The Balaban J connectivity index is 2.27. The second-order valence-electron chi connectivity index (χ2n) is 5.74. The topological polar surface area (TPSA) is 134 Å². The number of carboxylic acids is 1. The van der Waals surface area contributed by atoms with Gasteiger partial charge in [-0.25, -0.2) is 14.4 Å². The number of hydrogen-bond donors (Lipinski definition) is 4. The van der Waals surface area contributed by atoms with E-state index in [0.29, 0.717) is 12.3 Å². The van der Waals surface area contributed by atoms with Crippen molar-refractivity contribution < 1.29 is 29.0 Å². The van der Waals surface area contributed by atoms with E-state index in [2.05, 4.69) is 16.0 Å². The van der Waals surface area contributed by atoms with Crippen molar-refractivity contribution in [1.82, 2.24) is 16.0 Å². The molecule has 1 unspecified atom stereocenters. The Labute approximate surface area is 167 Å². The van der Waals surface area contributed by atoms with Crippen LogP contribution >= 0.6 is 11.8 Å². The summed E-state index contributed by atoms with van der Waals surface area (Å²) in [6, 6.07) is 7.32. The maximum Gasteiger partial charge on any atom is 0.408 e. The van der Waals surface area contributed by atoms with Gasteiger partial charge in [-0.3, -0.25) is 10.1 Å². The summed E-state index contributed by atoms with van der Waals surface area (Å²) in [5.41, 5.74) is 0.786. The molecule has 4 N–H and O–H groups in total. The molecule has 0 saturated heterocycles. The summed E-state index contributed by atoms with van der Waals surface area (Å²) < 4.78 is 5.00. The predicted octanol–water partition coefficient (Wildman–Crippen LogP) is 1.73. The molecule has 4 amide bonds. The van der Waals surface area contributed by atoms with E-state index < -0.39 is 30.0 Å². The molecule has 154 valence electrons. The number of ether oxygens (including phenoxy) is 1. The zero-order valence-corrected chi connectivity index (χ0v) is 16.4. The molecule has 0 heterocycles. The van der Waals surface area contributed by atoms with Crippen molar-refractivity contribution in [3.05, 3.63) is 35.9 Å². The third-order valence-electron chi connectivity index (χ3n) is 3.38. The fourth-order valence-electron chi connectivity index (χ4n) is 1.98. The summed E-state index contributed by atoms with van der Waals surface area (Å²) >= 11 is 1.16. The van der Waals surface area contributed by atoms with Gasteiger partial charge < -0.3 is 20.5 Å². The van der Waals surface area contributed by atoms with Crippen LogP contribution in [0.3, 0.4) is 0 Å². The van der Waals surface area contributed by atoms with Crippen molar-refractivity contribution in [3.8, 4) is 0 Å². The summed E-state index contributed by atoms with van der Waals surface area (Å²) in [5.74, 6) is -1.36. The van der Waals surface area contributed by atoms with Crippen LogP contribution in [0.1, 0.15) is 25.3 Å². The molecule has 0 aromatic heterocycles. The summed E-state index contributed by atoms with van der Waals surface area (Å²) in [7, 11) is 0. The van der Waals surface area contributed by atoms with Crippen LogP contribution in [-0.4, -0.2) is 53.2 Å². The Hall–Kier alpha value is -2.75. The van der Waals surface area contributed by atoms with E-state index in [4.69, 9.17) is 4.74 Å². The van der Waals surface area contributed by atoms with Gasteiger partial charge >= 0.3 is 18.1 Å². The number of thioether (sulfide) groups is 1. The maximum absolute atomic E-state index is 11.8. The van der Waals surface area contributed by atoms with E-state index in [1.807, 2.05) is 13.0 Å². The molecule has 0 radical (unpaired) electrons. The minimum Gasteiger partial charge on any atom is -0.480 e. The van der Waals surface area contributed by atoms with Gasteiger partial charge in [0, 0.05) is 6.54 Å². The van der Waals surface area contributed by atoms with Crippen LogP contribution in [0.25, 0.3) is 0 Å². The van der Waals surface area contributed by atoms with Crippen molar-refractivity contribution in [2.24, 2.45) is 0 Å². The lowest BCUT2D eigenvalue weighted by Gasteiger charge is -2.14. The largest absolute Gasteiger partial charge is 0.480 e. The first-order valence-corrected chi connectivity index (χ1v) is 9.93. The summed E-state index contributed by atoms with van der Waals surface area (Å²) in [6.45, 7) is 2.40. The molecule has 0 aliphatic rings. The third-order valence-corrected chi connectivity index (χ3v) is 4.37. The lowest BCUT2D eigenvalue weighted by molar-refractivity contribution is -0.139. The number of alkyl carbamates (subject to hydrolysis) is 1. The van der Waals surface area contributed by atoms with Crippen LogP contribution in [0.4, 0.5) is 9.59 Å². The van der Waals surface area contributed by atoms with Gasteiger partial charge in [-0.2, -0.15) is 11.8 Å². The van der Waals surface area contributed by atoms with Gasteiger partial charge in [-0.15, -0.1) is 0 Å². The van der Waals surface area contributed by atoms with Crippen molar-refractivity contribution in [2.45, 2.75) is 32.4 Å². The molecular formula is C18H25N3O6S. The van der Waals surface area contributed by atoms with E-state index in [1.165, 1.54) is 0 Å². The molecule has 10 heteroatoms. The lowest BCUT2D eigenvalue weighted by Crippen LogP contribution is -2.42. The molecular weight excluding hydrogens is 386 g/mol. The van der Waals surface area contributed by atoms with Crippen LogP contribution in [0.15, 0.2) is 30.3 Å². The van der Waals surface area contributed by atoms with E-state index in [1.54, 1.807) is 24.3 Å². The Kier molecular flexibility index (Phi) is 11.2. The molecule has 0 saturated carbocycles. The van der Waals surface area contributed by atoms with Crippen molar-refractivity contribution in [3.63, 3.8) is 0 Å². The monoisotopic (exact) mass is 411 g/mol. The van der Waals surface area contributed by atoms with Crippen molar-refractivity contribution in [1.29, 1.82) is 0 Å². The summed E-state index contributed by atoms with van der Waals surface area (Å²) in [4.78, 5) is 46.0. The highest BCUT2D eigenvalue weighted by Crippen LogP contribution is 2.06. The number of carbonyl (C=O) groups excluding carboxylic acids is 3. The standard InChI is InChI=1S/C18H25N3O6S/c1-2-9-19-17(25)21-15(22)12-28-10-8-14(16(23)24)20-18(26)27-11-13-6-4-3-5-7-13/h3-7,14H,2,8-12H2,1H3,(H,20,26)(H,23,24)(H2,19,21,22,25). The molecule has 0 bridgehead atoms. The summed E-state index contributed by atoms with van der Waals surface area (Å²) in [6.07, 6.45) is 0.0373. The number of carboxylic acid groups (broad SMARTS) is 1. The van der Waals surface area contributed by atoms with Crippen LogP contribution in [0.2, 0.25) is 0 Å². The summed E-state index contributed by atoms with van der Waals surface area (Å²) in [5, 5.41) is 16.2. The number of carbonyl (C=O) groups is 4. The quantitative estimate of drug-likeness (QED) is 0.407. The minimum absolute atomic E-state index is 0.00430. The second kappa shape index (κ2) is 13.4. The predicted molar refractivity (Wildman–Crippen MR) is 105 cm³/mol. The minimum atomic E-state index is -1.19. The molecule has 0 aliphatic carbocycles. The average Bonchev–Trinajstić information content (AvgIpc) is 2.67. The first-order valence-electron chi connectivity index (χ1n) is 8.77. The second-order valence-corrected chi connectivity index (χ2v) is 6.85. The van der Waals surface area contributed by atoms with E-state index in [9.17, 15) is 24.3 Å². The zero-order valence-electron chi connectivity index (χ0n) is 15.6. The molecule has 1 aromatic rings. The molecule has 0 aliphatic heterocycles. The highest BCUT2D eigenvalue weighted by Gasteiger charge is 2.20. The number of amides is 4. The van der Waals surface area contributed by atoms with Crippen LogP contribution in [-0.2, 0) is 20.9 Å². The SMILES string of the molecule is CCCNC(=O)NC(=O)CSCCC(NC(=O)OCc1ccccc1)C(=O)O. The Morgan fingerprint density at radius 1 is 1.18 bits per heavy atom. The Morgan fingerprint density at radius 2 is 1.89 bits per heavy atom. The molecule has 28 heavy (non-hydrogen) atoms. The molecule has 1 aromatic carbocycles. The first kappa shape index (κ1) is 23.3. The number of imide groups is 1. The maximum atomic E-state index is 11.8. The van der Waals surface area contributed by atoms with Crippen LogP contribution in [0, 0.1) is 0 Å². The van der Waals surface area contributed by atoms with Gasteiger partial charge in [0.25, 0.3) is 0 Å². The van der Waals surface area contributed by atoms with Gasteiger partial charge in [0.05, 0.1) is 5.75 Å². The number of urea groups is 1. The fraction of sp³-hybridized carbons (Fsp3) is 0.444. The van der Waals surface area contributed by atoms with Crippen LogP contribution < -0.4 is 16.0 Å². The number of aliphatic carboxylic acids is 1. The number of hydrogen-bond acceptors (Lipinski definition) is 6. The highest BCUT2D eigenvalue weighted by molar-refractivity contribution is 7.99. The molecule has 1 rings (SSSR count). The van der Waals surface area contributed by atoms with Crippen molar-refractivity contribution in [2.75, 3.05) is 18.1 Å². The normalized spacial score (nSPS) is 11.2. The number of benzene rings is 1. The molecule has 0 fully saturated rings. The van der Waals surface area contributed by atoms with Gasteiger partial charge in [0.15, 0.2) is 0 Å². The third kappa shape index (κ3) is 10.4. The van der Waals surface area contributed by atoms with Gasteiger partial charge in [0.2, 0.25) is 5.91 Å². The van der Waals surface area contributed by atoms with Gasteiger partial charge in [-0.05, 0) is 24.2 Å². The van der Waals surface area contributed by atoms with Crippen molar-refractivity contribution >= 4 is 35.8 Å². The molecule has 1 atom stereocenters. The average molecular weight is 411 g/mol. The van der Waals surface area contributed by atoms with Gasteiger partial charge in [-0.1, -0.05) is 37.3 Å². The number of rotatable bonds is 11. The van der Waals surface area contributed by atoms with E-state index in [-0.39, 0.29) is 18.8 Å². The van der Waals surface area contributed by atoms with E-state index in [0.717, 1.165) is 23.7 Å².